The molecular formula is C31H28ClN3O2. The van der Waals surface area contributed by atoms with Gasteiger partial charge in [0.15, 0.2) is 0 Å². The molecule has 0 spiro atoms. The zero-order valence-corrected chi connectivity index (χ0v) is 21.2. The standard InChI is InChI=1S/C31H27N3O2.ClH/c35-30(21-34-16-18-36-19-17-34)32-25-13-10-24(11-14-25)29-20-27(22-6-2-1-3-7-22)31-26-9-5-4-8-23(26)12-15-28(31)33-29;/h1-15,20H,16-19,21H2,(H,32,35);1H. The lowest BCUT2D eigenvalue weighted by Crippen LogP contribution is -2.41. The third-order valence-electron chi connectivity index (χ3n) is 6.72. The first-order valence-electron chi connectivity index (χ1n) is 12.3. The van der Waals surface area contributed by atoms with Crippen LogP contribution < -0.4 is 5.32 Å². The van der Waals surface area contributed by atoms with Crippen molar-refractivity contribution in [3.63, 3.8) is 0 Å². The van der Waals surface area contributed by atoms with Crippen LogP contribution in [-0.2, 0) is 9.53 Å². The minimum absolute atomic E-state index is 0. The second-order valence-electron chi connectivity index (χ2n) is 9.12. The van der Waals surface area contributed by atoms with Crippen molar-refractivity contribution in [2.45, 2.75) is 0 Å². The van der Waals surface area contributed by atoms with Gasteiger partial charge in [0.25, 0.3) is 0 Å². The molecule has 0 aliphatic carbocycles. The maximum atomic E-state index is 12.5. The van der Waals surface area contributed by atoms with E-state index in [1.807, 2.05) is 30.3 Å². The molecule has 0 radical (unpaired) electrons. The van der Waals surface area contributed by atoms with Crippen LogP contribution in [0.3, 0.4) is 0 Å². The second kappa shape index (κ2) is 11.1. The van der Waals surface area contributed by atoms with E-state index < -0.39 is 0 Å². The third kappa shape index (κ3) is 5.35. The number of ether oxygens (including phenoxy) is 1. The largest absolute Gasteiger partial charge is 0.379 e. The molecule has 1 amide bonds. The molecule has 4 aromatic carbocycles. The van der Waals surface area contributed by atoms with Crippen LogP contribution in [-0.4, -0.2) is 48.6 Å². The highest BCUT2D eigenvalue weighted by atomic mass is 35.5. The number of hydrogen-bond donors (Lipinski definition) is 1. The number of benzene rings is 4. The van der Waals surface area contributed by atoms with Crippen LogP contribution >= 0.6 is 12.4 Å². The van der Waals surface area contributed by atoms with E-state index in [0.29, 0.717) is 19.8 Å². The highest BCUT2D eigenvalue weighted by Crippen LogP contribution is 2.36. The van der Waals surface area contributed by atoms with Gasteiger partial charge in [0.1, 0.15) is 0 Å². The summed E-state index contributed by atoms with van der Waals surface area (Å²) in [4.78, 5) is 19.6. The maximum Gasteiger partial charge on any atom is 0.238 e. The Morgan fingerprint density at radius 1 is 0.838 bits per heavy atom. The zero-order valence-electron chi connectivity index (χ0n) is 20.4. The van der Waals surface area contributed by atoms with Crippen molar-refractivity contribution < 1.29 is 9.53 Å². The summed E-state index contributed by atoms with van der Waals surface area (Å²) in [5, 5.41) is 6.58. The highest BCUT2D eigenvalue weighted by molar-refractivity contribution is 6.13. The van der Waals surface area contributed by atoms with E-state index in [0.717, 1.165) is 52.1 Å². The first-order chi connectivity index (χ1) is 17.7. The molecule has 1 N–H and O–H groups in total. The van der Waals surface area contributed by atoms with Gasteiger partial charge in [-0.3, -0.25) is 9.69 Å². The van der Waals surface area contributed by atoms with Crippen LogP contribution in [0.2, 0.25) is 0 Å². The summed E-state index contributed by atoms with van der Waals surface area (Å²) >= 11 is 0. The summed E-state index contributed by atoms with van der Waals surface area (Å²) in [5.74, 6) is -0.00766. The number of fused-ring (bicyclic) bond motifs is 3. The minimum atomic E-state index is -0.00766. The van der Waals surface area contributed by atoms with Gasteiger partial charge in [-0.15, -0.1) is 12.4 Å². The molecule has 5 nitrogen and oxygen atoms in total. The number of halogens is 1. The van der Waals surface area contributed by atoms with Crippen LogP contribution in [0, 0.1) is 0 Å². The number of pyridine rings is 1. The quantitative estimate of drug-likeness (QED) is 0.278. The Kier molecular flexibility index (Phi) is 7.47. The van der Waals surface area contributed by atoms with Crippen molar-refractivity contribution in [2.75, 3.05) is 38.2 Å². The number of carbonyl (C=O) groups excluding carboxylic acids is 1. The number of carbonyl (C=O) groups is 1. The van der Waals surface area contributed by atoms with E-state index in [1.165, 1.54) is 10.8 Å². The summed E-state index contributed by atoms with van der Waals surface area (Å²) in [6, 6.07) is 33.3. The molecule has 0 saturated carbocycles. The first-order valence-corrected chi connectivity index (χ1v) is 12.3. The van der Waals surface area contributed by atoms with E-state index in [-0.39, 0.29) is 18.3 Å². The minimum Gasteiger partial charge on any atom is -0.379 e. The van der Waals surface area contributed by atoms with Crippen molar-refractivity contribution in [3.8, 4) is 22.4 Å². The highest BCUT2D eigenvalue weighted by Gasteiger charge is 2.15. The molecule has 0 atom stereocenters. The molecule has 37 heavy (non-hydrogen) atoms. The molecule has 1 aliphatic heterocycles. The fourth-order valence-corrected chi connectivity index (χ4v) is 4.89. The van der Waals surface area contributed by atoms with Crippen molar-refractivity contribution in [2.24, 2.45) is 0 Å². The van der Waals surface area contributed by atoms with Crippen molar-refractivity contribution in [3.05, 3.63) is 97.1 Å². The first kappa shape index (κ1) is 24.9. The van der Waals surface area contributed by atoms with Gasteiger partial charge < -0.3 is 10.1 Å². The number of hydrogen-bond acceptors (Lipinski definition) is 4. The number of amides is 1. The van der Waals surface area contributed by atoms with Gasteiger partial charge in [-0.05, 0) is 46.2 Å². The summed E-state index contributed by atoms with van der Waals surface area (Å²) in [7, 11) is 0. The van der Waals surface area contributed by atoms with E-state index in [4.69, 9.17) is 9.72 Å². The zero-order chi connectivity index (χ0) is 24.3. The van der Waals surface area contributed by atoms with Crippen LogP contribution in [0.25, 0.3) is 44.1 Å². The average Bonchev–Trinajstić information content (AvgIpc) is 2.93. The van der Waals surface area contributed by atoms with Gasteiger partial charge in [0.05, 0.1) is 31.0 Å². The number of aromatic nitrogens is 1. The summed E-state index contributed by atoms with van der Waals surface area (Å²) in [6.07, 6.45) is 0. The Morgan fingerprint density at radius 3 is 2.35 bits per heavy atom. The van der Waals surface area contributed by atoms with Crippen LogP contribution in [0.15, 0.2) is 97.1 Å². The molecule has 5 aromatic rings. The Hall–Kier alpha value is -3.77. The number of nitrogens with zero attached hydrogens (tertiary/aromatic N) is 2. The Balaban J connectivity index is 0.00000280. The van der Waals surface area contributed by atoms with Gasteiger partial charge in [-0.1, -0.05) is 72.8 Å². The van der Waals surface area contributed by atoms with E-state index in [9.17, 15) is 4.79 Å². The fourth-order valence-electron chi connectivity index (χ4n) is 4.89. The molecule has 0 unspecified atom stereocenters. The molecule has 1 fully saturated rings. The van der Waals surface area contributed by atoms with Crippen LogP contribution in [0.1, 0.15) is 0 Å². The summed E-state index contributed by atoms with van der Waals surface area (Å²) in [6.45, 7) is 3.33. The van der Waals surface area contributed by atoms with Crippen molar-refractivity contribution in [1.82, 2.24) is 9.88 Å². The molecular weight excluding hydrogens is 482 g/mol. The number of anilines is 1. The van der Waals surface area contributed by atoms with E-state index in [2.05, 4.69) is 76.9 Å². The smallest absolute Gasteiger partial charge is 0.238 e. The number of morpholine rings is 1. The molecule has 6 heteroatoms. The fraction of sp³-hybridized carbons (Fsp3) is 0.161. The van der Waals surface area contributed by atoms with Gasteiger partial charge in [0.2, 0.25) is 5.91 Å². The Labute approximate surface area is 222 Å². The van der Waals surface area contributed by atoms with Crippen molar-refractivity contribution >= 4 is 45.7 Å². The molecule has 1 aliphatic rings. The third-order valence-corrected chi connectivity index (χ3v) is 6.72. The topological polar surface area (TPSA) is 54.5 Å². The molecule has 186 valence electrons. The van der Waals surface area contributed by atoms with E-state index >= 15 is 0 Å². The lowest BCUT2D eigenvalue weighted by atomic mass is 9.94. The Morgan fingerprint density at radius 2 is 1.57 bits per heavy atom. The van der Waals surface area contributed by atoms with Gasteiger partial charge in [-0.2, -0.15) is 0 Å². The number of nitrogens with one attached hydrogen (secondary N) is 1. The van der Waals surface area contributed by atoms with Crippen LogP contribution in [0.5, 0.6) is 0 Å². The average molecular weight is 510 g/mol. The van der Waals surface area contributed by atoms with Gasteiger partial charge >= 0.3 is 0 Å². The van der Waals surface area contributed by atoms with Gasteiger partial charge in [0, 0.05) is 29.7 Å². The molecule has 6 rings (SSSR count). The maximum absolute atomic E-state index is 12.5. The predicted octanol–water partition coefficient (Wildman–Crippen LogP) is 6.41. The predicted molar refractivity (Wildman–Crippen MR) is 153 cm³/mol. The monoisotopic (exact) mass is 509 g/mol. The normalized spacial score (nSPS) is 13.8. The summed E-state index contributed by atoms with van der Waals surface area (Å²) in [5.41, 5.74) is 5.99. The Bertz CT molecular complexity index is 1530. The molecule has 2 heterocycles. The van der Waals surface area contributed by atoms with Crippen LogP contribution in [0.4, 0.5) is 5.69 Å². The SMILES string of the molecule is Cl.O=C(CN1CCOCC1)Nc1ccc(-c2cc(-c3ccccc3)c3c(ccc4ccccc43)n2)cc1. The lowest BCUT2D eigenvalue weighted by Gasteiger charge is -2.25. The number of rotatable bonds is 5. The second-order valence-corrected chi connectivity index (χ2v) is 9.12. The van der Waals surface area contributed by atoms with E-state index in [1.54, 1.807) is 0 Å². The molecule has 0 bridgehead atoms. The summed E-state index contributed by atoms with van der Waals surface area (Å²) < 4.78 is 5.36. The molecule has 1 saturated heterocycles. The lowest BCUT2D eigenvalue weighted by molar-refractivity contribution is -0.118. The van der Waals surface area contributed by atoms with Gasteiger partial charge in [-0.25, -0.2) is 4.98 Å². The molecule has 1 aromatic heterocycles. The van der Waals surface area contributed by atoms with Crippen molar-refractivity contribution in [1.29, 1.82) is 0 Å².